The second-order valence-electron chi connectivity index (χ2n) is 6.75. The SMILES string of the molecule is CCCCOC1C(OCCCC)[C@@H](OCCCC)C(CC)O[C@@H]1OC. The van der Waals surface area contributed by atoms with Crippen molar-refractivity contribution >= 4 is 0 Å². The minimum absolute atomic E-state index is 0.0283. The summed E-state index contributed by atoms with van der Waals surface area (Å²) in [5.41, 5.74) is 0. The van der Waals surface area contributed by atoms with Crippen molar-refractivity contribution in [3.8, 4) is 0 Å². The molecule has 0 aromatic rings. The van der Waals surface area contributed by atoms with E-state index in [4.69, 9.17) is 23.7 Å². The number of methoxy groups -OCH3 is 1. The molecular weight excluding hydrogens is 320 g/mol. The van der Waals surface area contributed by atoms with E-state index in [1.807, 2.05) is 0 Å². The van der Waals surface area contributed by atoms with Crippen molar-refractivity contribution < 1.29 is 23.7 Å². The molecule has 1 aliphatic rings. The summed E-state index contributed by atoms with van der Waals surface area (Å²) in [7, 11) is 1.68. The van der Waals surface area contributed by atoms with E-state index in [1.165, 1.54) is 0 Å². The lowest BCUT2D eigenvalue weighted by molar-refractivity contribution is -0.313. The summed E-state index contributed by atoms with van der Waals surface area (Å²) in [4.78, 5) is 0. The third-order valence-corrected chi connectivity index (χ3v) is 4.65. The molecule has 0 bridgehead atoms. The van der Waals surface area contributed by atoms with Crippen LogP contribution in [0.5, 0.6) is 0 Å². The van der Waals surface area contributed by atoms with Crippen LogP contribution in [-0.2, 0) is 23.7 Å². The van der Waals surface area contributed by atoms with Gasteiger partial charge in [-0.1, -0.05) is 47.0 Å². The second-order valence-corrected chi connectivity index (χ2v) is 6.75. The van der Waals surface area contributed by atoms with Gasteiger partial charge in [0.05, 0.1) is 6.10 Å². The third kappa shape index (κ3) is 7.51. The van der Waals surface area contributed by atoms with Crippen LogP contribution in [0.15, 0.2) is 0 Å². The van der Waals surface area contributed by atoms with Crippen molar-refractivity contribution in [1.82, 2.24) is 0 Å². The van der Waals surface area contributed by atoms with Gasteiger partial charge in [0.25, 0.3) is 0 Å². The normalized spacial score (nSPS) is 29.9. The highest BCUT2D eigenvalue weighted by Crippen LogP contribution is 2.30. The van der Waals surface area contributed by atoms with E-state index in [-0.39, 0.29) is 24.4 Å². The fraction of sp³-hybridized carbons (Fsp3) is 1.00. The van der Waals surface area contributed by atoms with Crippen LogP contribution in [0.1, 0.15) is 72.6 Å². The summed E-state index contributed by atoms with van der Waals surface area (Å²) in [6.07, 6.45) is 6.36. The molecule has 0 aromatic heterocycles. The van der Waals surface area contributed by atoms with Crippen molar-refractivity contribution in [2.45, 2.75) is 103 Å². The molecule has 1 rings (SSSR count). The molecule has 3 unspecified atom stereocenters. The average molecular weight is 361 g/mol. The maximum atomic E-state index is 6.26. The molecule has 0 aliphatic carbocycles. The Balaban J connectivity index is 2.87. The molecule has 5 nitrogen and oxygen atoms in total. The molecule has 1 saturated heterocycles. The molecule has 150 valence electrons. The van der Waals surface area contributed by atoms with Gasteiger partial charge in [-0.2, -0.15) is 0 Å². The zero-order chi connectivity index (χ0) is 18.5. The number of rotatable bonds is 14. The minimum atomic E-state index is -0.403. The molecule has 1 heterocycles. The van der Waals surface area contributed by atoms with E-state index >= 15 is 0 Å². The zero-order valence-corrected chi connectivity index (χ0v) is 17.0. The summed E-state index contributed by atoms with van der Waals surface area (Å²) in [6.45, 7) is 10.8. The van der Waals surface area contributed by atoms with Gasteiger partial charge in [0.1, 0.15) is 18.3 Å². The summed E-state index contributed by atoms with van der Waals surface area (Å²) < 4.78 is 30.4. The van der Waals surface area contributed by atoms with Crippen molar-refractivity contribution in [3.05, 3.63) is 0 Å². The van der Waals surface area contributed by atoms with E-state index < -0.39 is 6.29 Å². The summed E-state index contributed by atoms with van der Waals surface area (Å²) in [5, 5.41) is 0. The molecule has 1 fully saturated rings. The van der Waals surface area contributed by atoms with Gasteiger partial charge >= 0.3 is 0 Å². The standard InChI is InChI=1S/C20H40O5/c1-6-10-13-22-17-16(9-4)25-20(21-5)19(24-15-12-8-3)18(17)23-14-11-7-2/h16-20H,6-15H2,1-5H3/t16?,17-,18?,19?,20-/m0/s1. The first-order valence-electron chi connectivity index (χ1n) is 10.3. The van der Waals surface area contributed by atoms with Crippen LogP contribution in [0.2, 0.25) is 0 Å². The van der Waals surface area contributed by atoms with E-state index in [2.05, 4.69) is 27.7 Å². The van der Waals surface area contributed by atoms with E-state index in [9.17, 15) is 0 Å². The van der Waals surface area contributed by atoms with Crippen molar-refractivity contribution in [2.24, 2.45) is 0 Å². The van der Waals surface area contributed by atoms with Crippen molar-refractivity contribution in [3.63, 3.8) is 0 Å². The monoisotopic (exact) mass is 360 g/mol. The molecule has 0 N–H and O–H groups in total. The average Bonchev–Trinajstić information content (AvgIpc) is 2.63. The van der Waals surface area contributed by atoms with Crippen LogP contribution in [0.3, 0.4) is 0 Å². The van der Waals surface area contributed by atoms with Crippen LogP contribution >= 0.6 is 0 Å². The lowest BCUT2D eigenvalue weighted by Crippen LogP contribution is -2.60. The lowest BCUT2D eigenvalue weighted by Gasteiger charge is -2.45. The summed E-state index contributed by atoms with van der Waals surface area (Å²) in [6, 6.07) is 0. The Hall–Kier alpha value is -0.200. The quantitative estimate of drug-likeness (QED) is 0.432. The molecule has 0 saturated carbocycles. The lowest BCUT2D eigenvalue weighted by atomic mass is 9.96. The number of hydrogen-bond acceptors (Lipinski definition) is 5. The Morgan fingerprint density at radius 3 is 1.60 bits per heavy atom. The maximum Gasteiger partial charge on any atom is 0.186 e. The van der Waals surface area contributed by atoms with Crippen LogP contribution in [0.25, 0.3) is 0 Å². The van der Waals surface area contributed by atoms with E-state index in [0.29, 0.717) is 6.61 Å². The Morgan fingerprint density at radius 2 is 1.16 bits per heavy atom. The largest absolute Gasteiger partial charge is 0.373 e. The first-order valence-corrected chi connectivity index (χ1v) is 10.3. The van der Waals surface area contributed by atoms with Gasteiger partial charge in [0.15, 0.2) is 6.29 Å². The Bertz CT molecular complexity index is 288. The van der Waals surface area contributed by atoms with Gasteiger partial charge in [-0.3, -0.25) is 0 Å². The molecule has 1 aliphatic heterocycles. The molecule has 5 heteroatoms. The first-order chi connectivity index (χ1) is 12.2. The molecule has 0 amide bonds. The van der Waals surface area contributed by atoms with E-state index in [1.54, 1.807) is 7.11 Å². The van der Waals surface area contributed by atoms with Gasteiger partial charge in [-0.05, 0) is 25.7 Å². The van der Waals surface area contributed by atoms with Crippen molar-refractivity contribution in [1.29, 1.82) is 0 Å². The molecule has 25 heavy (non-hydrogen) atoms. The summed E-state index contributed by atoms with van der Waals surface area (Å²) >= 11 is 0. The van der Waals surface area contributed by atoms with Crippen LogP contribution in [-0.4, -0.2) is 57.6 Å². The molecule has 0 radical (unpaired) electrons. The highest BCUT2D eigenvalue weighted by molar-refractivity contribution is 4.92. The third-order valence-electron chi connectivity index (χ3n) is 4.65. The van der Waals surface area contributed by atoms with Gasteiger partial charge in [0.2, 0.25) is 0 Å². The maximum absolute atomic E-state index is 6.26. The Labute approximate surface area is 154 Å². The van der Waals surface area contributed by atoms with Gasteiger partial charge in [-0.15, -0.1) is 0 Å². The first kappa shape index (κ1) is 22.8. The smallest absolute Gasteiger partial charge is 0.186 e. The predicted molar refractivity (Wildman–Crippen MR) is 99.9 cm³/mol. The molecular formula is C20H40O5. The number of unbranched alkanes of at least 4 members (excludes halogenated alkanes) is 3. The van der Waals surface area contributed by atoms with Crippen LogP contribution < -0.4 is 0 Å². The topological polar surface area (TPSA) is 46.2 Å². The minimum Gasteiger partial charge on any atom is -0.373 e. The highest BCUT2D eigenvalue weighted by Gasteiger charge is 2.47. The fourth-order valence-electron chi connectivity index (χ4n) is 3.06. The predicted octanol–water partition coefficient (Wildman–Crippen LogP) is 4.32. The zero-order valence-electron chi connectivity index (χ0n) is 17.0. The molecule has 0 spiro atoms. The van der Waals surface area contributed by atoms with Crippen LogP contribution in [0.4, 0.5) is 0 Å². The van der Waals surface area contributed by atoms with E-state index in [0.717, 1.165) is 58.2 Å². The highest BCUT2D eigenvalue weighted by atomic mass is 16.7. The molecule has 5 atom stereocenters. The number of ether oxygens (including phenoxy) is 5. The van der Waals surface area contributed by atoms with Gasteiger partial charge in [0, 0.05) is 26.9 Å². The Kier molecular flexibility index (Phi) is 12.7. The number of hydrogen-bond donors (Lipinski definition) is 0. The Morgan fingerprint density at radius 1 is 0.680 bits per heavy atom. The van der Waals surface area contributed by atoms with Gasteiger partial charge < -0.3 is 23.7 Å². The van der Waals surface area contributed by atoms with Crippen LogP contribution in [0, 0.1) is 0 Å². The summed E-state index contributed by atoms with van der Waals surface area (Å²) in [5.74, 6) is 0. The van der Waals surface area contributed by atoms with Crippen molar-refractivity contribution in [2.75, 3.05) is 26.9 Å². The second kappa shape index (κ2) is 13.9. The fourth-order valence-corrected chi connectivity index (χ4v) is 3.06. The van der Waals surface area contributed by atoms with Gasteiger partial charge in [-0.25, -0.2) is 0 Å². The molecule has 0 aromatic carbocycles.